The van der Waals surface area contributed by atoms with Crippen LogP contribution in [0, 0.1) is 17.2 Å². The lowest BCUT2D eigenvalue weighted by molar-refractivity contribution is 0.308. The van der Waals surface area contributed by atoms with Crippen LogP contribution in [0.5, 0.6) is 0 Å². The zero-order valence-electron chi connectivity index (χ0n) is 12.6. The minimum absolute atomic E-state index is 0.591. The Morgan fingerprint density at radius 2 is 1.71 bits per heavy atom. The fourth-order valence-electron chi connectivity index (χ4n) is 3.28. The molecular formula is C18H23Br2N. The van der Waals surface area contributed by atoms with Gasteiger partial charge < -0.3 is 0 Å². The Morgan fingerprint density at radius 3 is 2.24 bits per heavy atom. The number of rotatable bonds is 5. The molecule has 0 heterocycles. The van der Waals surface area contributed by atoms with Gasteiger partial charge in [0.25, 0.3) is 0 Å². The Hall–Kier alpha value is -0.330. The molecule has 2 atom stereocenters. The number of halogens is 2. The van der Waals surface area contributed by atoms with Crippen LogP contribution in [0.4, 0.5) is 0 Å². The smallest absolute Gasteiger partial charge is 0.0991 e. The molecule has 0 aromatic heterocycles. The fraction of sp³-hybridized carbons (Fsp3) is 0.611. The van der Waals surface area contributed by atoms with Gasteiger partial charge in [0.1, 0.15) is 0 Å². The molecule has 1 aromatic carbocycles. The fourth-order valence-corrected chi connectivity index (χ4v) is 4.40. The van der Waals surface area contributed by atoms with Crippen molar-refractivity contribution < 1.29 is 0 Å². The summed E-state index contributed by atoms with van der Waals surface area (Å²) in [6.45, 7) is 2.23. The van der Waals surface area contributed by atoms with Gasteiger partial charge in [-0.25, -0.2) is 0 Å². The topological polar surface area (TPSA) is 23.8 Å². The van der Waals surface area contributed by atoms with Crippen molar-refractivity contribution in [1.82, 2.24) is 0 Å². The highest BCUT2D eigenvalue weighted by Crippen LogP contribution is 2.39. The lowest BCUT2D eigenvalue weighted by Gasteiger charge is -2.31. The van der Waals surface area contributed by atoms with Crippen molar-refractivity contribution in [2.45, 2.75) is 61.0 Å². The van der Waals surface area contributed by atoms with Crippen LogP contribution in [0.2, 0.25) is 0 Å². The van der Waals surface area contributed by atoms with Gasteiger partial charge in [0, 0.05) is 9.65 Å². The van der Waals surface area contributed by atoms with Gasteiger partial charge in [-0.1, -0.05) is 50.9 Å². The highest BCUT2D eigenvalue weighted by atomic mass is 79.9. The molecule has 0 N–H and O–H groups in total. The highest BCUT2D eigenvalue weighted by Gasteiger charge is 2.25. The molecule has 1 nitrogen and oxygen atoms in total. The lowest BCUT2D eigenvalue weighted by atomic mass is 9.77. The van der Waals surface area contributed by atoms with E-state index < -0.39 is 0 Å². The number of benzene rings is 1. The van der Waals surface area contributed by atoms with Crippen LogP contribution in [0.15, 0.2) is 24.3 Å². The third kappa shape index (κ3) is 4.83. The first-order valence-corrected chi connectivity index (χ1v) is 9.75. The predicted molar refractivity (Wildman–Crippen MR) is 96.2 cm³/mol. The molecule has 0 radical (unpaired) electrons. The summed E-state index contributed by atoms with van der Waals surface area (Å²) in [6.07, 6.45) is 7.69. The van der Waals surface area contributed by atoms with Crippen molar-refractivity contribution in [3.63, 3.8) is 0 Å². The number of nitriles is 1. The van der Waals surface area contributed by atoms with Crippen LogP contribution >= 0.6 is 31.9 Å². The Labute approximate surface area is 145 Å². The molecule has 0 aliphatic heterocycles. The van der Waals surface area contributed by atoms with Crippen molar-refractivity contribution >= 4 is 31.9 Å². The van der Waals surface area contributed by atoms with Gasteiger partial charge in [-0.15, -0.1) is 0 Å². The van der Waals surface area contributed by atoms with E-state index in [2.05, 4.69) is 57.0 Å². The molecule has 2 unspecified atom stereocenters. The SMILES string of the molecule is CCC(Br)C(Br)C[C@H]1CC[C@H](c2ccc(C#N)cc2)CC1. The van der Waals surface area contributed by atoms with Crippen molar-refractivity contribution in [2.24, 2.45) is 5.92 Å². The minimum Gasteiger partial charge on any atom is -0.192 e. The molecule has 2 rings (SSSR count). The van der Waals surface area contributed by atoms with Gasteiger partial charge in [0.15, 0.2) is 0 Å². The van der Waals surface area contributed by atoms with E-state index in [1.807, 2.05) is 12.1 Å². The molecule has 1 fully saturated rings. The summed E-state index contributed by atoms with van der Waals surface area (Å²) in [5.74, 6) is 1.55. The second-order valence-corrected chi connectivity index (χ2v) is 8.48. The van der Waals surface area contributed by atoms with Gasteiger partial charge >= 0.3 is 0 Å². The Morgan fingerprint density at radius 1 is 1.10 bits per heavy atom. The third-order valence-corrected chi connectivity index (χ3v) is 7.71. The quantitative estimate of drug-likeness (QED) is 0.531. The van der Waals surface area contributed by atoms with Gasteiger partial charge in [-0.05, 0) is 68.1 Å². The second kappa shape index (κ2) is 8.34. The molecule has 1 aliphatic carbocycles. The molecule has 3 heteroatoms. The van der Waals surface area contributed by atoms with Gasteiger partial charge in [0.05, 0.1) is 11.6 Å². The van der Waals surface area contributed by atoms with Crippen molar-refractivity contribution in [1.29, 1.82) is 5.26 Å². The van der Waals surface area contributed by atoms with Gasteiger partial charge in [-0.3, -0.25) is 0 Å². The number of hydrogen-bond donors (Lipinski definition) is 0. The van der Waals surface area contributed by atoms with Crippen LogP contribution in [-0.2, 0) is 0 Å². The van der Waals surface area contributed by atoms with E-state index in [1.165, 1.54) is 44.1 Å². The number of nitrogens with zero attached hydrogens (tertiary/aromatic N) is 1. The average molecular weight is 413 g/mol. The molecule has 21 heavy (non-hydrogen) atoms. The van der Waals surface area contributed by atoms with Crippen LogP contribution in [0.25, 0.3) is 0 Å². The van der Waals surface area contributed by atoms with E-state index in [0.29, 0.717) is 15.6 Å². The normalized spacial score (nSPS) is 25.0. The predicted octanol–water partition coefficient (Wildman–Crippen LogP) is 6.16. The summed E-state index contributed by atoms with van der Waals surface area (Å²) in [7, 11) is 0. The zero-order chi connectivity index (χ0) is 15.2. The highest BCUT2D eigenvalue weighted by molar-refractivity contribution is 9.12. The maximum absolute atomic E-state index is 8.86. The molecule has 1 aromatic rings. The van der Waals surface area contributed by atoms with Crippen LogP contribution in [0.1, 0.15) is 62.5 Å². The van der Waals surface area contributed by atoms with Crippen LogP contribution < -0.4 is 0 Å². The second-order valence-electron chi connectivity index (χ2n) is 6.13. The van der Waals surface area contributed by atoms with Crippen molar-refractivity contribution in [3.8, 4) is 6.07 Å². The van der Waals surface area contributed by atoms with E-state index in [4.69, 9.17) is 5.26 Å². The Bertz CT molecular complexity index is 469. The first-order chi connectivity index (χ1) is 10.1. The first kappa shape index (κ1) is 17.0. The Kier molecular flexibility index (Phi) is 6.76. The minimum atomic E-state index is 0.591. The van der Waals surface area contributed by atoms with E-state index in [0.717, 1.165) is 11.5 Å². The third-order valence-electron chi connectivity index (χ3n) is 4.70. The summed E-state index contributed by atoms with van der Waals surface area (Å²) in [6, 6.07) is 10.4. The van der Waals surface area contributed by atoms with E-state index in [-0.39, 0.29) is 0 Å². The maximum Gasteiger partial charge on any atom is 0.0991 e. The van der Waals surface area contributed by atoms with Crippen molar-refractivity contribution in [2.75, 3.05) is 0 Å². The summed E-state index contributed by atoms with van der Waals surface area (Å²) >= 11 is 7.60. The van der Waals surface area contributed by atoms with Crippen LogP contribution in [0.3, 0.4) is 0 Å². The lowest BCUT2D eigenvalue weighted by Crippen LogP contribution is -2.21. The average Bonchev–Trinajstić information content (AvgIpc) is 2.55. The van der Waals surface area contributed by atoms with Crippen molar-refractivity contribution in [3.05, 3.63) is 35.4 Å². The van der Waals surface area contributed by atoms with E-state index >= 15 is 0 Å². The van der Waals surface area contributed by atoms with Gasteiger partial charge in [0.2, 0.25) is 0 Å². The van der Waals surface area contributed by atoms with E-state index in [1.54, 1.807) is 0 Å². The summed E-state index contributed by atoms with van der Waals surface area (Å²) < 4.78 is 0. The molecule has 1 aliphatic rings. The molecule has 0 saturated heterocycles. The zero-order valence-corrected chi connectivity index (χ0v) is 15.7. The monoisotopic (exact) mass is 411 g/mol. The molecular weight excluding hydrogens is 390 g/mol. The molecule has 0 amide bonds. The maximum atomic E-state index is 8.86. The molecule has 1 saturated carbocycles. The summed E-state index contributed by atoms with van der Waals surface area (Å²) in [5, 5.41) is 8.86. The van der Waals surface area contributed by atoms with Crippen LogP contribution in [-0.4, -0.2) is 9.65 Å². The number of alkyl halides is 2. The van der Waals surface area contributed by atoms with Gasteiger partial charge in [-0.2, -0.15) is 5.26 Å². The summed E-state index contributed by atoms with van der Waals surface area (Å²) in [5.41, 5.74) is 2.17. The molecule has 0 spiro atoms. The summed E-state index contributed by atoms with van der Waals surface area (Å²) in [4.78, 5) is 1.19. The number of hydrogen-bond acceptors (Lipinski definition) is 1. The largest absolute Gasteiger partial charge is 0.192 e. The molecule has 114 valence electrons. The molecule has 0 bridgehead atoms. The first-order valence-electron chi connectivity index (χ1n) is 7.92. The van der Waals surface area contributed by atoms with E-state index in [9.17, 15) is 0 Å². The standard InChI is InChI=1S/C18H23Br2N/c1-2-17(19)18(20)11-13-3-7-15(8-4-13)16-9-5-14(12-21)6-10-16/h5-6,9-10,13,15,17-18H,2-4,7-8,11H2,1H3/t13-,15-,17?,18?. The Balaban J connectivity index is 1.84.